The maximum atomic E-state index is 10.2. The fraction of sp³-hybridized carbons (Fsp3) is 0.600. The molecule has 0 radical (unpaired) electrons. The van der Waals surface area contributed by atoms with E-state index in [0.29, 0.717) is 0 Å². The maximum Gasteiger partial charge on any atom is 2.00 e. The summed E-state index contributed by atoms with van der Waals surface area (Å²) in [5, 5.41) is 0. The first-order chi connectivity index (χ1) is 3.66. The van der Waals surface area contributed by atoms with Gasteiger partial charge in [-0.2, -0.15) is 0 Å². The standard InChI is InChI=1S/C5H8O3.Sr.2H/c1-4(6)3-5(7)8-2;;;/h3H2,1-2H3;;;/q;+2;2*-1. The Bertz CT molecular complexity index is 118. The van der Waals surface area contributed by atoms with Crippen molar-refractivity contribution < 1.29 is 17.2 Å². The van der Waals surface area contributed by atoms with Crippen molar-refractivity contribution in [1.29, 1.82) is 0 Å². The second-order valence-corrected chi connectivity index (χ2v) is 1.45. The van der Waals surface area contributed by atoms with E-state index in [4.69, 9.17) is 0 Å². The van der Waals surface area contributed by atoms with Crippen molar-refractivity contribution in [3.63, 3.8) is 0 Å². The number of carbonyl (C=O) groups is 2. The van der Waals surface area contributed by atoms with Crippen molar-refractivity contribution in [3.05, 3.63) is 0 Å². The SMILES string of the molecule is COC(=O)CC(C)=O.[H-].[H-].[Sr+2]. The van der Waals surface area contributed by atoms with Crippen LogP contribution in [0.25, 0.3) is 0 Å². The number of esters is 1. The number of hydrogen-bond acceptors (Lipinski definition) is 3. The molecule has 0 atom stereocenters. The predicted octanol–water partition coefficient (Wildman–Crippen LogP) is -0.0173. The van der Waals surface area contributed by atoms with E-state index < -0.39 is 5.97 Å². The van der Waals surface area contributed by atoms with Crippen LogP contribution in [0.1, 0.15) is 16.2 Å². The molecule has 9 heavy (non-hydrogen) atoms. The van der Waals surface area contributed by atoms with Crippen LogP contribution in [-0.2, 0) is 14.3 Å². The number of ether oxygens (including phenoxy) is 1. The molecule has 0 aliphatic carbocycles. The molecular weight excluding hydrogens is 196 g/mol. The minimum absolute atomic E-state index is 0. The first kappa shape index (κ1) is 12.3. The third-order valence-corrected chi connectivity index (χ3v) is 0.621. The van der Waals surface area contributed by atoms with Gasteiger partial charge in [0.1, 0.15) is 12.2 Å². The Labute approximate surface area is 94.0 Å². The second-order valence-electron chi connectivity index (χ2n) is 1.45. The average molecular weight is 206 g/mol. The molecule has 50 valence electrons. The molecule has 0 bridgehead atoms. The van der Waals surface area contributed by atoms with Crippen molar-refractivity contribution in [2.24, 2.45) is 0 Å². The summed E-state index contributed by atoms with van der Waals surface area (Å²) >= 11 is 0. The topological polar surface area (TPSA) is 43.4 Å². The van der Waals surface area contributed by atoms with Gasteiger partial charge in [0.2, 0.25) is 0 Å². The molecule has 0 saturated carbocycles. The van der Waals surface area contributed by atoms with E-state index in [-0.39, 0.29) is 60.5 Å². The van der Waals surface area contributed by atoms with Gasteiger partial charge in [-0.25, -0.2) is 0 Å². The molecule has 3 nitrogen and oxygen atoms in total. The molecule has 0 amide bonds. The van der Waals surface area contributed by atoms with Crippen molar-refractivity contribution in [2.75, 3.05) is 7.11 Å². The number of carbonyl (C=O) groups excluding carboxylic acids is 2. The molecule has 0 saturated heterocycles. The summed E-state index contributed by atoms with van der Waals surface area (Å²) in [6, 6.07) is 0. The maximum absolute atomic E-state index is 10.2. The molecule has 0 aromatic carbocycles. The van der Waals surface area contributed by atoms with E-state index >= 15 is 0 Å². The summed E-state index contributed by atoms with van der Waals surface area (Å²) in [7, 11) is 1.26. The van der Waals surface area contributed by atoms with Gasteiger partial charge >= 0.3 is 51.5 Å². The van der Waals surface area contributed by atoms with E-state index in [1.165, 1.54) is 14.0 Å². The number of ketones is 1. The van der Waals surface area contributed by atoms with Gasteiger partial charge in [0.15, 0.2) is 0 Å². The third-order valence-electron chi connectivity index (χ3n) is 0.621. The molecule has 0 rings (SSSR count). The van der Waals surface area contributed by atoms with Gasteiger partial charge < -0.3 is 7.59 Å². The molecular formula is C5H10O3Sr. The number of Topliss-reactive ketones (excluding diaryl/α,β-unsaturated/α-hetero) is 1. The molecule has 0 aromatic rings. The van der Waals surface area contributed by atoms with Crippen LogP contribution in [0.4, 0.5) is 0 Å². The molecule has 0 unspecified atom stereocenters. The van der Waals surface area contributed by atoms with Crippen molar-refractivity contribution in [2.45, 2.75) is 13.3 Å². The average Bonchev–Trinajstić information content (AvgIpc) is 1.65. The monoisotopic (exact) mass is 206 g/mol. The number of hydrogen-bond donors (Lipinski definition) is 0. The van der Waals surface area contributed by atoms with Gasteiger partial charge in [0.25, 0.3) is 0 Å². The smallest absolute Gasteiger partial charge is 1.00 e. The molecule has 0 heterocycles. The Hall–Kier alpha value is 0.621. The van der Waals surface area contributed by atoms with E-state index in [9.17, 15) is 9.59 Å². The molecule has 0 N–H and O–H groups in total. The summed E-state index contributed by atoms with van der Waals surface area (Å²) in [5.74, 6) is -0.644. The first-order valence-corrected chi connectivity index (χ1v) is 2.23. The normalized spacial score (nSPS) is 7.33. The first-order valence-electron chi connectivity index (χ1n) is 2.23. The van der Waals surface area contributed by atoms with Crippen molar-refractivity contribution in [1.82, 2.24) is 0 Å². The van der Waals surface area contributed by atoms with E-state index in [2.05, 4.69) is 4.74 Å². The molecule has 0 fully saturated rings. The minimum atomic E-state index is -0.475. The van der Waals surface area contributed by atoms with Gasteiger partial charge in [-0.15, -0.1) is 0 Å². The quantitative estimate of drug-likeness (QED) is 0.362. The van der Waals surface area contributed by atoms with Crippen LogP contribution in [0.3, 0.4) is 0 Å². The van der Waals surface area contributed by atoms with Gasteiger partial charge in [-0.05, 0) is 6.92 Å². The molecule has 0 aromatic heterocycles. The largest absolute Gasteiger partial charge is 2.00 e. The molecule has 0 spiro atoms. The van der Waals surface area contributed by atoms with Crippen LogP contribution in [0.5, 0.6) is 0 Å². The molecule has 0 aliphatic rings. The van der Waals surface area contributed by atoms with Crippen LogP contribution < -0.4 is 0 Å². The third kappa shape index (κ3) is 8.62. The summed E-state index contributed by atoms with van der Waals surface area (Å²) in [6.45, 7) is 1.34. The zero-order chi connectivity index (χ0) is 6.57. The molecule has 4 heteroatoms. The van der Waals surface area contributed by atoms with E-state index in [1.54, 1.807) is 0 Å². The Kier molecular flexibility index (Phi) is 9.21. The zero-order valence-electron chi connectivity index (χ0n) is 7.64. The fourth-order valence-electron chi connectivity index (χ4n) is 0.275. The van der Waals surface area contributed by atoms with Crippen molar-refractivity contribution in [3.8, 4) is 0 Å². The Morgan fingerprint density at radius 1 is 1.56 bits per heavy atom. The summed E-state index contributed by atoms with van der Waals surface area (Å²) in [6.07, 6.45) is -0.115. The van der Waals surface area contributed by atoms with Crippen LogP contribution in [0, 0.1) is 0 Å². The minimum Gasteiger partial charge on any atom is -1.00 e. The predicted molar refractivity (Wildman–Crippen MR) is 35.3 cm³/mol. The summed E-state index contributed by atoms with van der Waals surface area (Å²) in [4.78, 5) is 20.3. The summed E-state index contributed by atoms with van der Waals surface area (Å²) in [5.41, 5.74) is 0. The van der Waals surface area contributed by atoms with Gasteiger partial charge in [0, 0.05) is 0 Å². The zero-order valence-corrected chi connectivity index (χ0v) is 9.12. The Morgan fingerprint density at radius 3 is 2.11 bits per heavy atom. The van der Waals surface area contributed by atoms with Gasteiger partial charge in [0.05, 0.1) is 7.11 Å². The number of methoxy groups -OCH3 is 1. The fourth-order valence-corrected chi connectivity index (χ4v) is 0.275. The number of rotatable bonds is 2. The van der Waals surface area contributed by atoms with Gasteiger partial charge in [-0.1, -0.05) is 0 Å². The van der Waals surface area contributed by atoms with Crippen LogP contribution in [-0.4, -0.2) is 64.3 Å². The van der Waals surface area contributed by atoms with Crippen molar-refractivity contribution >= 4 is 57.2 Å². The summed E-state index contributed by atoms with van der Waals surface area (Å²) < 4.78 is 4.20. The van der Waals surface area contributed by atoms with Crippen LogP contribution in [0.15, 0.2) is 0 Å². The molecule has 0 aliphatic heterocycles. The Balaban J connectivity index is -0.0000000817. The van der Waals surface area contributed by atoms with Crippen LogP contribution in [0.2, 0.25) is 0 Å². The Morgan fingerprint density at radius 2 is 2.00 bits per heavy atom. The van der Waals surface area contributed by atoms with Crippen LogP contribution >= 0.6 is 0 Å². The van der Waals surface area contributed by atoms with Gasteiger partial charge in [-0.3, -0.25) is 9.59 Å². The van der Waals surface area contributed by atoms with E-state index in [1.807, 2.05) is 0 Å². The van der Waals surface area contributed by atoms with E-state index in [0.717, 1.165) is 0 Å². The second kappa shape index (κ2) is 6.74.